The van der Waals surface area contributed by atoms with E-state index in [2.05, 4.69) is 5.32 Å². The highest BCUT2D eigenvalue weighted by Gasteiger charge is 1.88. The number of nitrogens with zero attached hydrogens (tertiary/aromatic N) is 1. The van der Waals surface area contributed by atoms with Crippen molar-refractivity contribution in [3.8, 4) is 0 Å². The van der Waals surface area contributed by atoms with E-state index >= 15 is 0 Å². The second-order valence-electron chi connectivity index (χ2n) is 1.35. The third-order valence-corrected chi connectivity index (χ3v) is 0.693. The Labute approximate surface area is 47.3 Å². The maximum absolute atomic E-state index is 9.66. The van der Waals surface area contributed by atoms with Gasteiger partial charge in [-0.3, -0.25) is 10.1 Å². The molecule has 0 fully saturated rings. The van der Waals surface area contributed by atoms with Crippen LogP contribution in [0.1, 0.15) is 6.92 Å². The van der Waals surface area contributed by atoms with Gasteiger partial charge in [0.05, 0.1) is 10.6 Å². The monoisotopic (exact) mass is 116 g/mol. The molecule has 1 N–H and O–H groups in total. The summed E-state index contributed by atoms with van der Waals surface area (Å²) in [4.78, 5) is 9.16. The Hall–Kier alpha value is -1.06. The van der Waals surface area contributed by atoms with Crippen molar-refractivity contribution in [3.05, 3.63) is 22.0 Å². The van der Waals surface area contributed by atoms with Gasteiger partial charge in [-0.05, 0) is 6.92 Å². The minimum atomic E-state index is -0.494. The molecule has 0 unspecified atom stereocenters. The summed E-state index contributed by atoms with van der Waals surface area (Å²) in [7, 11) is 1.63. The lowest BCUT2D eigenvalue weighted by molar-refractivity contribution is -0.403. The van der Waals surface area contributed by atoms with E-state index in [-0.39, 0.29) is 0 Å². The summed E-state index contributed by atoms with van der Waals surface area (Å²) >= 11 is 0. The molecule has 0 saturated carbocycles. The molecule has 0 radical (unpaired) electrons. The molecule has 0 spiro atoms. The lowest BCUT2D eigenvalue weighted by Crippen LogP contribution is -2.03. The summed E-state index contributed by atoms with van der Waals surface area (Å²) in [5, 5.41) is 12.3. The predicted molar refractivity (Wildman–Crippen MR) is 29.8 cm³/mol. The molecule has 4 heteroatoms. The van der Waals surface area contributed by atoms with Crippen molar-refractivity contribution < 1.29 is 4.92 Å². The molecule has 0 bridgehead atoms. The zero-order valence-corrected chi connectivity index (χ0v) is 4.84. The summed E-state index contributed by atoms with van der Waals surface area (Å²) in [6.07, 6.45) is 0.917. The lowest BCUT2D eigenvalue weighted by Gasteiger charge is -1.89. The fraction of sp³-hybridized carbons (Fsp3) is 0.500. The van der Waals surface area contributed by atoms with Crippen LogP contribution in [0.5, 0.6) is 0 Å². The highest BCUT2D eigenvalue weighted by atomic mass is 16.6. The fourth-order valence-corrected chi connectivity index (χ4v) is 0.223. The average molecular weight is 116 g/mol. The van der Waals surface area contributed by atoms with Gasteiger partial charge in [-0.2, -0.15) is 0 Å². The summed E-state index contributed by atoms with van der Waals surface area (Å²) in [5.41, 5.74) is 0.551. The molecule has 0 aromatic rings. The van der Waals surface area contributed by atoms with Crippen LogP contribution in [0, 0.1) is 10.1 Å². The molecule has 0 aliphatic carbocycles. The van der Waals surface area contributed by atoms with Crippen molar-refractivity contribution in [2.24, 2.45) is 0 Å². The standard InChI is InChI=1S/C4H8N2O2/c1-4(5-2)3-6(7)8/h3,5H,1-2H3/b4-3+. The third kappa shape index (κ3) is 3.14. The smallest absolute Gasteiger partial charge is 0.252 e. The van der Waals surface area contributed by atoms with E-state index in [0.29, 0.717) is 5.70 Å². The zero-order chi connectivity index (χ0) is 6.57. The van der Waals surface area contributed by atoms with Crippen LogP contribution in [0.4, 0.5) is 0 Å². The Bertz CT molecular complexity index is 119. The van der Waals surface area contributed by atoms with E-state index in [1.54, 1.807) is 14.0 Å². The van der Waals surface area contributed by atoms with Crippen LogP contribution < -0.4 is 5.32 Å². The molecule has 0 aliphatic heterocycles. The van der Waals surface area contributed by atoms with Crippen LogP contribution in [0.25, 0.3) is 0 Å². The number of hydrogen-bond acceptors (Lipinski definition) is 3. The molecule has 4 nitrogen and oxygen atoms in total. The van der Waals surface area contributed by atoms with E-state index in [1.165, 1.54) is 0 Å². The van der Waals surface area contributed by atoms with Crippen LogP contribution in [-0.4, -0.2) is 12.0 Å². The molecule has 0 saturated heterocycles. The number of nitrogens with one attached hydrogen (secondary N) is 1. The maximum Gasteiger partial charge on any atom is 0.252 e. The fourth-order valence-electron chi connectivity index (χ4n) is 0.223. The lowest BCUT2D eigenvalue weighted by atomic mass is 10.5. The van der Waals surface area contributed by atoms with Crippen molar-refractivity contribution in [3.63, 3.8) is 0 Å². The molecule has 0 rings (SSSR count). The van der Waals surface area contributed by atoms with Crippen molar-refractivity contribution >= 4 is 0 Å². The number of allylic oxidation sites excluding steroid dienone is 1. The van der Waals surface area contributed by atoms with Gasteiger partial charge in [0.25, 0.3) is 6.20 Å². The van der Waals surface area contributed by atoms with Gasteiger partial charge in [0.2, 0.25) is 0 Å². The largest absolute Gasteiger partial charge is 0.387 e. The number of hydrogen-bond donors (Lipinski definition) is 1. The molecular formula is C4H8N2O2. The summed E-state index contributed by atoms with van der Waals surface area (Å²) < 4.78 is 0. The number of nitro groups is 1. The zero-order valence-electron chi connectivity index (χ0n) is 4.84. The summed E-state index contributed by atoms with van der Waals surface area (Å²) in [6.45, 7) is 1.63. The van der Waals surface area contributed by atoms with Crippen molar-refractivity contribution in [2.45, 2.75) is 6.92 Å². The highest BCUT2D eigenvalue weighted by Crippen LogP contribution is 1.81. The Morgan fingerprint density at radius 3 is 2.50 bits per heavy atom. The van der Waals surface area contributed by atoms with E-state index in [9.17, 15) is 10.1 Å². The van der Waals surface area contributed by atoms with Crippen molar-refractivity contribution in [2.75, 3.05) is 7.05 Å². The Morgan fingerprint density at radius 2 is 2.38 bits per heavy atom. The first-order valence-electron chi connectivity index (χ1n) is 2.16. The van der Waals surface area contributed by atoms with E-state index in [1.807, 2.05) is 0 Å². The normalized spacial score (nSPS) is 11.0. The van der Waals surface area contributed by atoms with Crippen molar-refractivity contribution in [1.29, 1.82) is 0 Å². The van der Waals surface area contributed by atoms with Gasteiger partial charge in [0.1, 0.15) is 0 Å². The van der Waals surface area contributed by atoms with E-state index in [0.717, 1.165) is 6.20 Å². The SMILES string of the molecule is CN/C(C)=C/[N+](=O)[O-]. The Morgan fingerprint density at radius 1 is 1.88 bits per heavy atom. The van der Waals surface area contributed by atoms with Gasteiger partial charge in [0, 0.05) is 7.05 Å². The maximum atomic E-state index is 9.66. The highest BCUT2D eigenvalue weighted by molar-refractivity contribution is 4.86. The molecule has 0 aliphatic rings. The topological polar surface area (TPSA) is 55.2 Å². The van der Waals surface area contributed by atoms with Gasteiger partial charge < -0.3 is 5.32 Å². The van der Waals surface area contributed by atoms with Gasteiger partial charge >= 0.3 is 0 Å². The second kappa shape index (κ2) is 3.01. The molecule has 0 atom stereocenters. The Kier molecular flexibility index (Phi) is 2.61. The van der Waals surface area contributed by atoms with Gasteiger partial charge in [-0.15, -0.1) is 0 Å². The van der Waals surface area contributed by atoms with Crippen LogP contribution in [-0.2, 0) is 0 Å². The predicted octanol–water partition coefficient (Wildman–Crippen LogP) is 0.344. The molecular weight excluding hydrogens is 108 g/mol. The quantitative estimate of drug-likeness (QED) is 0.418. The summed E-state index contributed by atoms with van der Waals surface area (Å²) in [6, 6.07) is 0. The molecule has 0 aromatic heterocycles. The molecule has 0 aromatic carbocycles. The van der Waals surface area contributed by atoms with Crippen LogP contribution in [0.3, 0.4) is 0 Å². The van der Waals surface area contributed by atoms with E-state index in [4.69, 9.17) is 0 Å². The molecule has 0 heterocycles. The molecule has 8 heavy (non-hydrogen) atoms. The first-order valence-corrected chi connectivity index (χ1v) is 2.16. The van der Waals surface area contributed by atoms with Gasteiger partial charge in [-0.25, -0.2) is 0 Å². The van der Waals surface area contributed by atoms with E-state index < -0.39 is 4.92 Å². The minimum Gasteiger partial charge on any atom is -0.387 e. The van der Waals surface area contributed by atoms with Crippen LogP contribution in [0.15, 0.2) is 11.9 Å². The van der Waals surface area contributed by atoms with Gasteiger partial charge in [0.15, 0.2) is 0 Å². The third-order valence-electron chi connectivity index (χ3n) is 0.693. The first-order chi connectivity index (χ1) is 3.66. The molecule has 46 valence electrons. The second-order valence-corrected chi connectivity index (χ2v) is 1.35. The minimum absolute atomic E-state index is 0.494. The van der Waals surface area contributed by atoms with Crippen LogP contribution >= 0.6 is 0 Å². The Balaban J connectivity index is 3.75. The van der Waals surface area contributed by atoms with Crippen LogP contribution in [0.2, 0.25) is 0 Å². The first kappa shape index (κ1) is 6.94. The van der Waals surface area contributed by atoms with Crippen molar-refractivity contribution in [1.82, 2.24) is 5.32 Å². The average Bonchev–Trinajstić information content (AvgIpc) is 1.65. The molecule has 0 amide bonds. The number of rotatable bonds is 2. The van der Waals surface area contributed by atoms with Gasteiger partial charge in [-0.1, -0.05) is 0 Å². The summed E-state index contributed by atoms with van der Waals surface area (Å²) in [5.74, 6) is 0.